The van der Waals surface area contributed by atoms with Crippen LogP contribution in [-0.2, 0) is 14.4 Å². The number of nitrogens with zero attached hydrogens (tertiary/aromatic N) is 2. The Kier molecular flexibility index (Phi) is 6.33. The third kappa shape index (κ3) is 4.27. The van der Waals surface area contributed by atoms with Crippen LogP contribution in [0.2, 0.25) is 0 Å². The van der Waals surface area contributed by atoms with Gasteiger partial charge in [0.15, 0.2) is 0 Å². The van der Waals surface area contributed by atoms with Crippen molar-refractivity contribution in [1.29, 1.82) is 0 Å². The highest BCUT2D eigenvalue weighted by atomic mass is 16.4. The van der Waals surface area contributed by atoms with Crippen molar-refractivity contribution >= 4 is 17.8 Å². The molecule has 0 aliphatic carbocycles. The standard InChI is InChI=1S/C15H26N2O4/c1-5-11(4)17-13(18)9-12(15(17)21)16(10(2)3)8-6-7-14(19)20/h10-12H,5-9H2,1-4H3,(H,19,20). The Morgan fingerprint density at radius 2 is 2.00 bits per heavy atom. The number of rotatable bonds is 8. The molecule has 1 fully saturated rings. The molecule has 1 saturated heterocycles. The van der Waals surface area contributed by atoms with Crippen LogP contribution < -0.4 is 0 Å². The lowest BCUT2D eigenvalue weighted by Crippen LogP contribution is -2.47. The Morgan fingerprint density at radius 1 is 1.38 bits per heavy atom. The van der Waals surface area contributed by atoms with Gasteiger partial charge in [-0.25, -0.2) is 0 Å². The number of imide groups is 1. The zero-order valence-corrected chi connectivity index (χ0v) is 13.3. The fraction of sp³-hybridized carbons (Fsp3) is 0.800. The predicted molar refractivity (Wildman–Crippen MR) is 78.7 cm³/mol. The van der Waals surface area contributed by atoms with Crippen molar-refractivity contribution in [3.05, 3.63) is 0 Å². The highest BCUT2D eigenvalue weighted by Crippen LogP contribution is 2.24. The van der Waals surface area contributed by atoms with Gasteiger partial charge in [0, 0.05) is 18.5 Å². The number of carboxylic acids is 1. The van der Waals surface area contributed by atoms with Gasteiger partial charge < -0.3 is 5.11 Å². The van der Waals surface area contributed by atoms with Gasteiger partial charge in [-0.2, -0.15) is 0 Å². The molecule has 2 amide bonds. The molecule has 1 heterocycles. The minimum atomic E-state index is -0.839. The first-order chi connectivity index (χ1) is 9.79. The molecule has 1 rings (SSSR count). The summed E-state index contributed by atoms with van der Waals surface area (Å²) in [5.74, 6) is -1.10. The smallest absolute Gasteiger partial charge is 0.303 e. The number of hydrogen-bond acceptors (Lipinski definition) is 4. The first kappa shape index (κ1) is 17.6. The topological polar surface area (TPSA) is 77.9 Å². The van der Waals surface area contributed by atoms with E-state index >= 15 is 0 Å². The van der Waals surface area contributed by atoms with Crippen LogP contribution in [0.15, 0.2) is 0 Å². The van der Waals surface area contributed by atoms with Gasteiger partial charge in [-0.1, -0.05) is 6.92 Å². The summed E-state index contributed by atoms with van der Waals surface area (Å²) < 4.78 is 0. The molecule has 6 heteroatoms. The Labute approximate surface area is 126 Å². The van der Waals surface area contributed by atoms with E-state index in [1.54, 1.807) is 0 Å². The van der Waals surface area contributed by atoms with E-state index in [9.17, 15) is 14.4 Å². The van der Waals surface area contributed by atoms with Crippen molar-refractivity contribution in [1.82, 2.24) is 9.80 Å². The zero-order valence-electron chi connectivity index (χ0n) is 13.3. The monoisotopic (exact) mass is 298 g/mol. The Bertz CT molecular complexity index is 408. The lowest BCUT2D eigenvalue weighted by molar-refractivity contribution is -0.142. The first-order valence-corrected chi connectivity index (χ1v) is 7.63. The van der Waals surface area contributed by atoms with Crippen LogP contribution in [0.5, 0.6) is 0 Å². The molecule has 0 aromatic rings. The summed E-state index contributed by atoms with van der Waals surface area (Å²) in [5, 5.41) is 8.72. The molecule has 1 N–H and O–H groups in total. The van der Waals surface area contributed by atoms with Gasteiger partial charge in [0.25, 0.3) is 0 Å². The number of carboxylic acid groups (broad SMARTS) is 1. The number of aliphatic carboxylic acids is 1. The summed E-state index contributed by atoms with van der Waals surface area (Å²) in [6, 6.07) is -0.430. The quantitative estimate of drug-likeness (QED) is 0.687. The predicted octanol–water partition coefficient (Wildman–Crippen LogP) is 1.49. The minimum absolute atomic E-state index is 0.0765. The fourth-order valence-corrected chi connectivity index (χ4v) is 2.73. The number of hydrogen-bond donors (Lipinski definition) is 1. The summed E-state index contributed by atoms with van der Waals surface area (Å²) in [5.41, 5.74) is 0. The molecule has 21 heavy (non-hydrogen) atoms. The molecule has 0 bridgehead atoms. The Morgan fingerprint density at radius 3 is 2.48 bits per heavy atom. The molecule has 0 aromatic heterocycles. The molecule has 1 aliphatic rings. The molecule has 0 spiro atoms. The zero-order chi connectivity index (χ0) is 16.2. The maximum absolute atomic E-state index is 12.5. The Balaban J connectivity index is 2.78. The Hall–Kier alpha value is -1.43. The maximum atomic E-state index is 12.5. The van der Waals surface area contributed by atoms with Crippen molar-refractivity contribution in [2.45, 2.75) is 71.5 Å². The minimum Gasteiger partial charge on any atom is -0.481 e. The molecule has 2 atom stereocenters. The fourth-order valence-electron chi connectivity index (χ4n) is 2.73. The summed E-state index contributed by atoms with van der Waals surface area (Å²) in [4.78, 5) is 38.5. The van der Waals surface area contributed by atoms with Crippen LogP contribution in [-0.4, -0.2) is 57.4 Å². The van der Waals surface area contributed by atoms with Gasteiger partial charge >= 0.3 is 5.97 Å². The van der Waals surface area contributed by atoms with Crippen LogP contribution in [0.4, 0.5) is 0 Å². The van der Waals surface area contributed by atoms with E-state index in [0.717, 1.165) is 6.42 Å². The average Bonchev–Trinajstić information content (AvgIpc) is 2.68. The number of carbonyl (C=O) groups is 3. The van der Waals surface area contributed by atoms with Crippen LogP contribution >= 0.6 is 0 Å². The van der Waals surface area contributed by atoms with Crippen molar-refractivity contribution in [3.63, 3.8) is 0 Å². The number of carbonyl (C=O) groups excluding carboxylic acids is 2. The lowest BCUT2D eigenvalue weighted by Gasteiger charge is -2.31. The van der Waals surface area contributed by atoms with Gasteiger partial charge in [-0.05, 0) is 40.2 Å². The molecule has 0 saturated carbocycles. The summed E-state index contributed by atoms with van der Waals surface area (Å²) in [6.45, 7) is 8.27. The van der Waals surface area contributed by atoms with E-state index in [2.05, 4.69) is 0 Å². The van der Waals surface area contributed by atoms with E-state index in [1.165, 1.54) is 4.90 Å². The second kappa shape index (κ2) is 7.54. The SMILES string of the molecule is CCC(C)N1C(=O)CC(N(CCCC(=O)O)C(C)C)C1=O. The maximum Gasteiger partial charge on any atom is 0.303 e. The van der Waals surface area contributed by atoms with Crippen molar-refractivity contribution < 1.29 is 19.5 Å². The number of likely N-dealkylation sites (tertiary alicyclic amines) is 1. The molecule has 0 radical (unpaired) electrons. The first-order valence-electron chi connectivity index (χ1n) is 7.63. The van der Waals surface area contributed by atoms with Crippen LogP contribution in [0, 0.1) is 0 Å². The third-order valence-corrected chi connectivity index (χ3v) is 4.06. The van der Waals surface area contributed by atoms with E-state index in [0.29, 0.717) is 13.0 Å². The van der Waals surface area contributed by atoms with Crippen molar-refractivity contribution in [2.75, 3.05) is 6.54 Å². The molecular formula is C15H26N2O4. The van der Waals surface area contributed by atoms with Crippen molar-refractivity contribution in [3.8, 4) is 0 Å². The summed E-state index contributed by atoms with van der Waals surface area (Å²) in [6.07, 6.45) is 1.50. The lowest BCUT2D eigenvalue weighted by atomic mass is 10.1. The van der Waals surface area contributed by atoms with Gasteiger partial charge in [0.05, 0.1) is 12.5 Å². The van der Waals surface area contributed by atoms with E-state index in [4.69, 9.17) is 5.11 Å². The summed E-state index contributed by atoms with van der Waals surface area (Å²) >= 11 is 0. The molecule has 6 nitrogen and oxygen atoms in total. The van der Waals surface area contributed by atoms with Gasteiger partial charge in [0.2, 0.25) is 11.8 Å². The van der Waals surface area contributed by atoms with Gasteiger partial charge in [-0.15, -0.1) is 0 Å². The van der Waals surface area contributed by atoms with Crippen molar-refractivity contribution in [2.24, 2.45) is 0 Å². The van der Waals surface area contributed by atoms with Crippen LogP contribution in [0.1, 0.15) is 53.4 Å². The highest BCUT2D eigenvalue weighted by Gasteiger charge is 2.43. The normalized spacial score (nSPS) is 20.7. The summed E-state index contributed by atoms with van der Waals surface area (Å²) in [7, 11) is 0. The van der Waals surface area contributed by atoms with E-state index in [-0.39, 0.29) is 36.7 Å². The molecular weight excluding hydrogens is 272 g/mol. The number of amides is 2. The molecule has 0 aromatic carbocycles. The molecule has 2 unspecified atom stereocenters. The van der Waals surface area contributed by atoms with Crippen LogP contribution in [0.3, 0.4) is 0 Å². The molecule has 120 valence electrons. The molecule has 1 aliphatic heterocycles. The second-order valence-corrected chi connectivity index (χ2v) is 5.91. The largest absolute Gasteiger partial charge is 0.481 e. The third-order valence-electron chi connectivity index (χ3n) is 4.06. The highest BCUT2D eigenvalue weighted by molar-refractivity contribution is 6.05. The van der Waals surface area contributed by atoms with Crippen LogP contribution in [0.25, 0.3) is 0 Å². The van der Waals surface area contributed by atoms with E-state index < -0.39 is 12.0 Å². The average molecular weight is 298 g/mol. The van der Waals surface area contributed by atoms with Gasteiger partial charge in [0.1, 0.15) is 0 Å². The van der Waals surface area contributed by atoms with E-state index in [1.807, 2.05) is 32.6 Å². The van der Waals surface area contributed by atoms with Gasteiger partial charge in [-0.3, -0.25) is 24.2 Å². The second-order valence-electron chi connectivity index (χ2n) is 5.91.